The number of ether oxygens (including phenoxy) is 1. The molecule has 2 N–H and O–H groups in total. The highest BCUT2D eigenvalue weighted by molar-refractivity contribution is 7.25. The molecule has 0 aliphatic heterocycles. The first kappa shape index (κ1) is 16.7. The molecule has 0 saturated heterocycles. The second kappa shape index (κ2) is 6.07. The third kappa shape index (κ3) is 3.09. The lowest BCUT2D eigenvalue weighted by Gasteiger charge is -2.11. The maximum absolute atomic E-state index is 12.9. The van der Waals surface area contributed by atoms with E-state index >= 15 is 0 Å². The number of alkyl halides is 3. The average Bonchev–Trinajstić information content (AvgIpc) is 2.90. The zero-order chi connectivity index (χ0) is 17.5. The summed E-state index contributed by atoms with van der Waals surface area (Å²) in [4.78, 5) is 11.4. The van der Waals surface area contributed by atoms with Gasteiger partial charge in [-0.25, -0.2) is 0 Å². The molecule has 3 rings (SSSR count). The number of rotatable bonds is 3. The van der Waals surface area contributed by atoms with Crippen molar-refractivity contribution in [2.24, 2.45) is 5.73 Å². The van der Waals surface area contributed by atoms with E-state index in [-0.39, 0.29) is 6.42 Å². The van der Waals surface area contributed by atoms with E-state index in [1.807, 2.05) is 6.07 Å². The van der Waals surface area contributed by atoms with Crippen molar-refractivity contribution in [2.75, 3.05) is 7.11 Å². The topological polar surface area (TPSA) is 52.3 Å². The highest BCUT2D eigenvalue weighted by Crippen LogP contribution is 2.39. The van der Waals surface area contributed by atoms with Crippen molar-refractivity contribution in [2.45, 2.75) is 18.6 Å². The van der Waals surface area contributed by atoms with E-state index in [1.54, 1.807) is 12.1 Å². The summed E-state index contributed by atoms with van der Waals surface area (Å²) in [6, 6.07) is 8.52. The number of hydrogen-bond acceptors (Lipinski definition) is 4. The smallest absolute Gasteiger partial charge is 0.416 e. The van der Waals surface area contributed by atoms with Gasteiger partial charge in [0.15, 0.2) is 0 Å². The van der Waals surface area contributed by atoms with Gasteiger partial charge in [0.2, 0.25) is 0 Å². The molecule has 0 amide bonds. The Balaban J connectivity index is 2.10. The van der Waals surface area contributed by atoms with Gasteiger partial charge in [-0.05, 0) is 35.9 Å². The van der Waals surface area contributed by atoms with E-state index in [0.29, 0.717) is 16.3 Å². The van der Waals surface area contributed by atoms with E-state index in [4.69, 9.17) is 5.73 Å². The van der Waals surface area contributed by atoms with Gasteiger partial charge in [0.05, 0.1) is 19.1 Å². The van der Waals surface area contributed by atoms with Crippen molar-refractivity contribution < 1.29 is 22.7 Å². The quantitative estimate of drug-likeness (QED) is 0.698. The summed E-state index contributed by atoms with van der Waals surface area (Å²) < 4.78 is 45.1. The molecule has 0 spiro atoms. The Kier molecular flexibility index (Phi) is 4.23. The van der Waals surface area contributed by atoms with Crippen LogP contribution >= 0.6 is 11.3 Å². The van der Waals surface area contributed by atoms with Crippen molar-refractivity contribution in [1.82, 2.24) is 0 Å². The van der Waals surface area contributed by atoms with E-state index in [0.717, 1.165) is 21.5 Å². The number of benzene rings is 2. The molecule has 0 aliphatic rings. The summed E-state index contributed by atoms with van der Waals surface area (Å²) in [7, 11) is 1.28. The minimum atomic E-state index is -4.39. The van der Waals surface area contributed by atoms with E-state index in [1.165, 1.54) is 24.5 Å². The molecule has 7 heteroatoms. The number of carbonyl (C=O) groups is 1. The molecule has 0 saturated carbocycles. The van der Waals surface area contributed by atoms with Gasteiger partial charge in [-0.15, -0.1) is 11.3 Å². The number of nitrogens with two attached hydrogens (primary N) is 1. The summed E-state index contributed by atoms with van der Waals surface area (Å²) in [5.41, 5.74) is 6.00. The predicted octanol–water partition coefficient (Wildman–Crippen LogP) is 4.64. The fourth-order valence-electron chi connectivity index (χ4n) is 2.58. The van der Waals surface area contributed by atoms with Gasteiger partial charge in [0, 0.05) is 26.2 Å². The first-order valence-electron chi connectivity index (χ1n) is 7.15. The summed E-state index contributed by atoms with van der Waals surface area (Å²) in [5, 5.41) is 1.25. The van der Waals surface area contributed by atoms with Crippen LogP contribution in [0.1, 0.15) is 23.6 Å². The molecular formula is C17H14F3NO2S. The average molecular weight is 353 g/mol. The van der Waals surface area contributed by atoms with E-state index in [2.05, 4.69) is 4.74 Å². The monoisotopic (exact) mass is 353 g/mol. The molecule has 1 heterocycles. The minimum absolute atomic E-state index is 0.0118. The van der Waals surface area contributed by atoms with Crippen molar-refractivity contribution >= 4 is 37.5 Å². The Bertz CT molecular complexity index is 917. The Morgan fingerprint density at radius 3 is 2.42 bits per heavy atom. The number of esters is 1. The molecule has 3 nitrogen and oxygen atoms in total. The number of thiophene rings is 1. The van der Waals surface area contributed by atoms with Gasteiger partial charge in [-0.2, -0.15) is 13.2 Å². The molecule has 0 bridgehead atoms. The van der Waals surface area contributed by atoms with Crippen LogP contribution < -0.4 is 5.73 Å². The number of methoxy groups -OCH3 is 1. The zero-order valence-corrected chi connectivity index (χ0v) is 13.5. The Labute approximate surface area is 139 Å². The summed E-state index contributed by atoms with van der Waals surface area (Å²) in [6.07, 6.45) is -4.38. The van der Waals surface area contributed by atoms with E-state index < -0.39 is 23.8 Å². The van der Waals surface area contributed by atoms with Crippen LogP contribution in [0.4, 0.5) is 13.2 Å². The van der Waals surface area contributed by atoms with Crippen LogP contribution in [0.25, 0.3) is 20.2 Å². The van der Waals surface area contributed by atoms with Gasteiger partial charge < -0.3 is 10.5 Å². The second-order valence-electron chi connectivity index (χ2n) is 5.45. The third-order valence-corrected chi connectivity index (χ3v) is 5.01. The van der Waals surface area contributed by atoms with Gasteiger partial charge in [-0.1, -0.05) is 6.07 Å². The van der Waals surface area contributed by atoms with Crippen LogP contribution in [0.15, 0.2) is 36.4 Å². The van der Waals surface area contributed by atoms with Crippen LogP contribution in [0, 0.1) is 0 Å². The molecule has 1 aromatic heterocycles. The molecule has 126 valence electrons. The highest BCUT2D eigenvalue weighted by atomic mass is 32.1. The second-order valence-corrected chi connectivity index (χ2v) is 6.54. The lowest BCUT2D eigenvalue weighted by molar-refractivity contribution is -0.141. The van der Waals surface area contributed by atoms with Crippen molar-refractivity contribution in [3.8, 4) is 0 Å². The molecule has 1 atom stereocenters. The molecule has 2 aromatic carbocycles. The molecular weight excluding hydrogens is 339 g/mol. The first-order chi connectivity index (χ1) is 11.3. The van der Waals surface area contributed by atoms with Crippen molar-refractivity contribution in [3.05, 3.63) is 47.5 Å². The van der Waals surface area contributed by atoms with Crippen LogP contribution in [-0.4, -0.2) is 13.1 Å². The summed E-state index contributed by atoms with van der Waals surface area (Å²) >= 11 is 1.42. The Morgan fingerprint density at radius 2 is 1.79 bits per heavy atom. The number of hydrogen-bond donors (Lipinski definition) is 1. The Hall–Kier alpha value is -2.12. The molecule has 0 fully saturated rings. The van der Waals surface area contributed by atoms with Gasteiger partial charge in [0.25, 0.3) is 0 Å². The fraction of sp³-hybridized carbons (Fsp3) is 0.235. The Morgan fingerprint density at radius 1 is 1.17 bits per heavy atom. The summed E-state index contributed by atoms with van der Waals surface area (Å²) in [6.45, 7) is 0. The third-order valence-electron chi connectivity index (χ3n) is 3.86. The normalized spacial score (nSPS) is 13.4. The van der Waals surface area contributed by atoms with E-state index in [9.17, 15) is 18.0 Å². The van der Waals surface area contributed by atoms with Crippen molar-refractivity contribution in [1.29, 1.82) is 0 Å². The van der Waals surface area contributed by atoms with Gasteiger partial charge >= 0.3 is 12.1 Å². The van der Waals surface area contributed by atoms with Crippen LogP contribution in [0.2, 0.25) is 0 Å². The van der Waals surface area contributed by atoms with Crippen LogP contribution in [-0.2, 0) is 15.7 Å². The molecule has 3 aromatic rings. The lowest BCUT2D eigenvalue weighted by Crippen LogP contribution is -2.16. The highest BCUT2D eigenvalue weighted by Gasteiger charge is 2.30. The SMILES string of the molecule is COC(=O)CC(N)c1ccc2sc3ccc(C(F)(F)F)cc3c2c1. The maximum Gasteiger partial charge on any atom is 0.416 e. The molecule has 0 aliphatic carbocycles. The summed E-state index contributed by atoms with van der Waals surface area (Å²) in [5.74, 6) is -0.433. The standard InChI is InChI=1S/C17H14F3NO2S/c1-23-16(22)8-13(21)9-2-4-14-11(6-9)12-7-10(17(18,19)20)3-5-15(12)24-14/h2-7,13H,8,21H2,1H3. The lowest BCUT2D eigenvalue weighted by atomic mass is 10.0. The number of carbonyl (C=O) groups excluding carboxylic acids is 1. The zero-order valence-electron chi connectivity index (χ0n) is 12.7. The maximum atomic E-state index is 12.9. The van der Waals surface area contributed by atoms with Gasteiger partial charge in [-0.3, -0.25) is 4.79 Å². The number of fused-ring (bicyclic) bond motifs is 3. The fourth-order valence-corrected chi connectivity index (χ4v) is 3.65. The minimum Gasteiger partial charge on any atom is -0.469 e. The van der Waals surface area contributed by atoms with Crippen molar-refractivity contribution in [3.63, 3.8) is 0 Å². The molecule has 0 radical (unpaired) electrons. The molecule has 24 heavy (non-hydrogen) atoms. The first-order valence-corrected chi connectivity index (χ1v) is 7.97. The van der Waals surface area contributed by atoms with Gasteiger partial charge in [0.1, 0.15) is 0 Å². The number of halogens is 3. The largest absolute Gasteiger partial charge is 0.469 e. The van der Waals surface area contributed by atoms with Crippen LogP contribution in [0.3, 0.4) is 0 Å². The van der Waals surface area contributed by atoms with Crippen LogP contribution in [0.5, 0.6) is 0 Å². The predicted molar refractivity (Wildman–Crippen MR) is 87.9 cm³/mol. The molecule has 1 unspecified atom stereocenters.